The smallest absolute Gasteiger partial charge is 0.414 e. The predicted molar refractivity (Wildman–Crippen MR) is 94.3 cm³/mol. The molecule has 1 aromatic rings. The molecule has 1 saturated carbocycles. The van der Waals surface area contributed by atoms with Gasteiger partial charge in [-0.15, -0.1) is 0 Å². The van der Waals surface area contributed by atoms with Crippen LogP contribution in [-0.2, 0) is 9.59 Å². The van der Waals surface area contributed by atoms with Crippen molar-refractivity contribution in [1.82, 2.24) is 5.32 Å². The lowest BCUT2D eigenvalue weighted by molar-refractivity contribution is -0.159. The van der Waals surface area contributed by atoms with Crippen molar-refractivity contribution >= 4 is 17.6 Å². The zero-order valence-electron chi connectivity index (χ0n) is 15.3. The second kappa shape index (κ2) is 9.63. The van der Waals surface area contributed by atoms with E-state index in [2.05, 4.69) is 21.9 Å². The van der Waals surface area contributed by atoms with Gasteiger partial charge in [0.15, 0.2) is 11.6 Å². The van der Waals surface area contributed by atoms with Crippen LogP contribution in [0.5, 0.6) is 5.75 Å². The number of fused-ring (bicyclic) bond motifs is 1. The molecule has 0 spiro atoms. The quantitative estimate of drug-likeness (QED) is 0.666. The number of nitrogens with zero attached hydrogens (tertiary/aromatic N) is 1. The molecule has 2 fully saturated rings. The van der Waals surface area contributed by atoms with Crippen molar-refractivity contribution in [3.8, 4) is 5.75 Å². The summed E-state index contributed by atoms with van der Waals surface area (Å²) in [6.07, 6.45) is 4.58. The van der Waals surface area contributed by atoms with Crippen LogP contribution in [0.2, 0.25) is 0 Å². The number of hydrogen-bond donors (Lipinski definition) is 3. The van der Waals surface area contributed by atoms with Crippen LogP contribution in [0.25, 0.3) is 0 Å². The Labute approximate surface area is 160 Å². The van der Waals surface area contributed by atoms with Gasteiger partial charge in [0, 0.05) is 36.4 Å². The molecule has 0 bridgehead atoms. The lowest BCUT2D eigenvalue weighted by atomic mass is 9.86. The number of nitrogens with one attached hydrogen (secondary N) is 1. The molecule has 1 saturated heterocycles. The van der Waals surface area contributed by atoms with E-state index in [0.717, 1.165) is 25.1 Å². The maximum Gasteiger partial charge on any atom is 0.414 e. The minimum Gasteiger partial charge on any atom is -0.473 e. The van der Waals surface area contributed by atoms with Crippen molar-refractivity contribution in [3.63, 3.8) is 0 Å². The van der Waals surface area contributed by atoms with Gasteiger partial charge < -0.3 is 25.2 Å². The fourth-order valence-electron chi connectivity index (χ4n) is 3.68. The molecule has 0 aromatic heterocycles. The van der Waals surface area contributed by atoms with Crippen molar-refractivity contribution in [2.75, 3.05) is 11.4 Å². The first kappa shape index (κ1) is 21.8. The molecule has 10 heteroatoms. The van der Waals surface area contributed by atoms with Gasteiger partial charge in [-0.1, -0.05) is 12.8 Å². The largest absolute Gasteiger partial charge is 0.473 e. The van der Waals surface area contributed by atoms with Crippen LogP contribution in [0, 0.1) is 5.82 Å². The molecule has 3 N–H and O–H groups in total. The number of carbonyl (C=O) groups is 2. The molecule has 0 unspecified atom stereocenters. The van der Waals surface area contributed by atoms with E-state index in [1.165, 1.54) is 25.0 Å². The third kappa shape index (κ3) is 5.75. The summed E-state index contributed by atoms with van der Waals surface area (Å²) in [7, 11) is 0. The fraction of sp³-hybridized carbons (Fsp3) is 0.556. The summed E-state index contributed by atoms with van der Waals surface area (Å²) in [6.45, 7) is -0.111. The van der Waals surface area contributed by atoms with E-state index < -0.39 is 30.1 Å². The number of anilines is 1. The van der Waals surface area contributed by atoms with Crippen molar-refractivity contribution in [2.45, 2.75) is 57.3 Å². The Morgan fingerprint density at radius 1 is 1.21 bits per heavy atom. The maximum absolute atomic E-state index is 14.0. The van der Waals surface area contributed by atoms with Crippen LogP contribution in [0.1, 0.15) is 32.6 Å². The number of carboxylic acid groups (broad SMARTS) is 2. The number of benzene rings is 1. The van der Waals surface area contributed by atoms with Gasteiger partial charge in [-0.3, -0.25) is 0 Å². The molecule has 2 aliphatic rings. The summed E-state index contributed by atoms with van der Waals surface area (Å²) in [6, 6.07) is 5.34. The lowest BCUT2D eigenvalue weighted by Gasteiger charge is -2.48. The highest BCUT2D eigenvalue weighted by Crippen LogP contribution is 2.33. The second-order valence-electron chi connectivity index (χ2n) is 6.78. The number of piperazine rings is 1. The van der Waals surface area contributed by atoms with Crippen LogP contribution in [-0.4, -0.2) is 53.4 Å². The highest BCUT2D eigenvalue weighted by molar-refractivity contribution is 6.27. The third-order valence-corrected chi connectivity index (χ3v) is 4.75. The van der Waals surface area contributed by atoms with Crippen LogP contribution in [0.3, 0.4) is 0 Å². The molecule has 3 rings (SSSR count). The molecule has 28 heavy (non-hydrogen) atoms. The van der Waals surface area contributed by atoms with Gasteiger partial charge in [-0.05, 0) is 31.9 Å². The van der Waals surface area contributed by atoms with E-state index in [-0.39, 0.29) is 0 Å². The van der Waals surface area contributed by atoms with E-state index >= 15 is 0 Å². The summed E-state index contributed by atoms with van der Waals surface area (Å²) in [5.41, 5.74) is 0.740. The Hall–Kier alpha value is -2.49. The molecule has 0 amide bonds. The summed E-state index contributed by atoms with van der Waals surface area (Å²) >= 11 is 0. The SMILES string of the molecule is C[C@@H]1CN(c2ccc(OC(F)F)c(F)c2)[C@H]2CCCC[C@@H]2N1.O=C(O)C(=O)O. The summed E-state index contributed by atoms with van der Waals surface area (Å²) < 4.78 is 42.6. The standard InChI is InChI=1S/C16H21F3N2O.C2H2O4/c1-10-9-21(14-5-3-2-4-13(14)20-10)11-6-7-15(12(17)8-11)22-16(18)19;3-1(4)2(5)6/h6-8,10,13-14,16,20H,2-5,9H2,1H3;(H,3,4)(H,5,6)/t10-,13+,14+;/m1./s1. The van der Waals surface area contributed by atoms with Crippen LogP contribution in [0.4, 0.5) is 18.9 Å². The van der Waals surface area contributed by atoms with Crippen LogP contribution < -0.4 is 15.0 Å². The number of aliphatic carboxylic acids is 2. The first-order valence-corrected chi connectivity index (χ1v) is 8.92. The van der Waals surface area contributed by atoms with E-state index in [1.54, 1.807) is 6.07 Å². The lowest BCUT2D eigenvalue weighted by Crippen LogP contribution is -2.62. The average molecular weight is 404 g/mol. The van der Waals surface area contributed by atoms with E-state index in [4.69, 9.17) is 19.8 Å². The number of rotatable bonds is 3. The summed E-state index contributed by atoms with van der Waals surface area (Å²) in [4.78, 5) is 20.4. The minimum absolute atomic E-state index is 0.319. The Bertz CT molecular complexity index is 692. The zero-order valence-corrected chi connectivity index (χ0v) is 15.3. The highest BCUT2D eigenvalue weighted by Gasteiger charge is 2.36. The molecule has 0 radical (unpaired) electrons. The first-order valence-electron chi connectivity index (χ1n) is 8.92. The van der Waals surface area contributed by atoms with Crippen molar-refractivity contribution < 1.29 is 37.7 Å². The molecule has 1 aliphatic carbocycles. The molecule has 7 nitrogen and oxygen atoms in total. The number of halogens is 3. The van der Waals surface area contributed by atoms with Gasteiger partial charge in [0.25, 0.3) is 0 Å². The molecule has 1 heterocycles. The Morgan fingerprint density at radius 3 is 2.43 bits per heavy atom. The van der Waals surface area contributed by atoms with Gasteiger partial charge in [0.1, 0.15) is 0 Å². The molecule has 1 aliphatic heterocycles. The second-order valence-corrected chi connectivity index (χ2v) is 6.78. The third-order valence-electron chi connectivity index (χ3n) is 4.75. The van der Waals surface area contributed by atoms with Gasteiger partial charge in [0.05, 0.1) is 0 Å². The minimum atomic E-state index is -3.01. The van der Waals surface area contributed by atoms with Crippen molar-refractivity contribution in [1.29, 1.82) is 0 Å². The number of carboxylic acids is 2. The Morgan fingerprint density at radius 2 is 1.86 bits per heavy atom. The monoisotopic (exact) mass is 404 g/mol. The van der Waals surface area contributed by atoms with E-state index in [1.807, 2.05) is 0 Å². The molecular formula is C18H23F3N2O5. The van der Waals surface area contributed by atoms with Crippen molar-refractivity contribution in [2.24, 2.45) is 0 Å². The molecule has 3 atom stereocenters. The van der Waals surface area contributed by atoms with Crippen LogP contribution in [0.15, 0.2) is 18.2 Å². The molecule has 1 aromatic carbocycles. The van der Waals surface area contributed by atoms with E-state index in [9.17, 15) is 13.2 Å². The van der Waals surface area contributed by atoms with Crippen LogP contribution >= 0.6 is 0 Å². The molecule has 156 valence electrons. The predicted octanol–water partition coefficient (Wildman–Crippen LogP) is 2.69. The first-order chi connectivity index (χ1) is 13.2. The van der Waals surface area contributed by atoms with E-state index in [0.29, 0.717) is 18.1 Å². The van der Waals surface area contributed by atoms with Gasteiger partial charge >= 0.3 is 18.6 Å². The van der Waals surface area contributed by atoms with Crippen molar-refractivity contribution in [3.05, 3.63) is 24.0 Å². The van der Waals surface area contributed by atoms with Gasteiger partial charge in [-0.25, -0.2) is 14.0 Å². The topological polar surface area (TPSA) is 99.1 Å². The summed E-state index contributed by atoms with van der Waals surface area (Å²) in [5, 5.41) is 18.4. The average Bonchev–Trinajstić information content (AvgIpc) is 2.62. The maximum atomic E-state index is 14.0. The normalized spacial score (nSPS) is 24.0. The zero-order chi connectivity index (χ0) is 20.8. The van der Waals surface area contributed by atoms with Gasteiger partial charge in [-0.2, -0.15) is 8.78 Å². The van der Waals surface area contributed by atoms with Gasteiger partial charge in [0.2, 0.25) is 0 Å². The number of alkyl halides is 2. The fourth-order valence-corrected chi connectivity index (χ4v) is 3.68. The highest BCUT2D eigenvalue weighted by atomic mass is 19.3. The Balaban J connectivity index is 0.000000409. The molecular weight excluding hydrogens is 381 g/mol. The summed E-state index contributed by atoms with van der Waals surface area (Å²) in [5.74, 6) is -4.79. The number of hydrogen-bond acceptors (Lipinski definition) is 5. The number of ether oxygens (including phenoxy) is 1. The Kier molecular flexibility index (Phi) is 7.50.